The smallest absolute Gasteiger partial charge is 0.228 e. The summed E-state index contributed by atoms with van der Waals surface area (Å²) in [7, 11) is 0. The maximum atomic E-state index is 14.9. The van der Waals surface area contributed by atoms with Crippen molar-refractivity contribution < 1.29 is 9.13 Å². The lowest BCUT2D eigenvalue weighted by molar-refractivity contribution is 0.0392. The molecule has 2 aliphatic rings. The minimum Gasteiger partial charge on any atom is -0.370 e. The van der Waals surface area contributed by atoms with E-state index in [1.165, 1.54) is 18.9 Å². The molecule has 0 N–H and O–H groups in total. The molecule has 6 rings (SSSR count). The van der Waals surface area contributed by atoms with Crippen molar-refractivity contribution in [1.29, 1.82) is 0 Å². The van der Waals surface area contributed by atoms with Crippen LogP contribution in [0.15, 0.2) is 30.6 Å². The number of halogens is 2. The fourth-order valence-electron chi connectivity index (χ4n) is 4.20. The van der Waals surface area contributed by atoms with Crippen LogP contribution in [0.2, 0.25) is 5.02 Å². The van der Waals surface area contributed by atoms with E-state index in [-0.39, 0.29) is 6.10 Å². The van der Waals surface area contributed by atoms with E-state index in [1.54, 1.807) is 12.1 Å². The number of rotatable bonds is 4. The summed E-state index contributed by atoms with van der Waals surface area (Å²) < 4.78 is 23.0. The minimum absolute atomic E-state index is 0.151. The second-order valence-electron chi connectivity index (χ2n) is 8.85. The van der Waals surface area contributed by atoms with Gasteiger partial charge in [0.1, 0.15) is 23.1 Å². The quantitative estimate of drug-likeness (QED) is 0.423. The maximum absolute atomic E-state index is 14.9. The van der Waals surface area contributed by atoms with Crippen molar-refractivity contribution >= 4 is 28.7 Å². The number of nitrogens with zero attached hydrogens (tertiary/aromatic N) is 7. The summed E-state index contributed by atoms with van der Waals surface area (Å²) in [6, 6.07) is 5.06. The lowest BCUT2D eigenvalue weighted by Gasteiger charge is -2.32. The number of fused-ring (bicyclic) bond motifs is 1. The predicted molar refractivity (Wildman–Crippen MR) is 126 cm³/mol. The number of benzene rings is 1. The Kier molecular flexibility index (Phi) is 5.18. The number of aromatic nitrogens is 6. The van der Waals surface area contributed by atoms with Gasteiger partial charge in [0.25, 0.3) is 0 Å². The first-order chi connectivity index (χ1) is 16.5. The minimum atomic E-state index is -0.467. The lowest BCUT2D eigenvalue weighted by atomic mass is 10.1. The van der Waals surface area contributed by atoms with Crippen LogP contribution in [0, 0.1) is 19.7 Å². The average Bonchev–Trinajstić information content (AvgIpc) is 3.56. The van der Waals surface area contributed by atoms with Crippen LogP contribution in [0.3, 0.4) is 0 Å². The van der Waals surface area contributed by atoms with E-state index < -0.39 is 5.82 Å². The topological polar surface area (TPSA) is 81.9 Å². The Labute approximate surface area is 200 Å². The van der Waals surface area contributed by atoms with E-state index in [4.69, 9.17) is 26.3 Å². The summed E-state index contributed by atoms with van der Waals surface area (Å²) >= 11 is 5.99. The van der Waals surface area contributed by atoms with Gasteiger partial charge in [-0.05, 0) is 44.9 Å². The Balaban J connectivity index is 1.41. The predicted octanol–water partition coefficient (Wildman–Crippen LogP) is 4.61. The van der Waals surface area contributed by atoms with Crippen LogP contribution in [-0.2, 0) is 4.74 Å². The number of hydrogen-bond acceptors (Lipinski definition) is 7. The molecule has 1 aliphatic carbocycles. The number of morpholine rings is 1. The molecule has 2 fully saturated rings. The van der Waals surface area contributed by atoms with Gasteiger partial charge >= 0.3 is 0 Å². The van der Waals surface area contributed by atoms with E-state index in [9.17, 15) is 4.39 Å². The summed E-state index contributed by atoms with van der Waals surface area (Å²) in [6.07, 6.45) is 6.14. The van der Waals surface area contributed by atoms with E-state index in [0.717, 1.165) is 17.0 Å². The summed E-state index contributed by atoms with van der Waals surface area (Å²) in [4.78, 5) is 20.8. The maximum Gasteiger partial charge on any atom is 0.228 e. The van der Waals surface area contributed by atoms with Gasteiger partial charge in [0.15, 0.2) is 5.65 Å². The van der Waals surface area contributed by atoms with Crippen molar-refractivity contribution in [3.63, 3.8) is 0 Å². The summed E-state index contributed by atoms with van der Waals surface area (Å²) in [6.45, 7) is 5.44. The van der Waals surface area contributed by atoms with E-state index >= 15 is 0 Å². The van der Waals surface area contributed by atoms with Gasteiger partial charge in [-0.1, -0.05) is 11.6 Å². The first kappa shape index (κ1) is 21.4. The van der Waals surface area contributed by atoms with Crippen LogP contribution in [0.25, 0.3) is 22.4 Å². The molecular weight excluding hydrogens is 457 g/mol. The van der Waals surface area contributed by atoms with Crippen molar-refractivity contribution in [2.24, 2.45) is 0 Å². The Hall–Kier alpha value is -3.17. The average molecular weight is 480 g/mol. The molecule has 174 valence electrons. The number of ether oxygens (including phenoxy) is 1. The zero-order chi connectivity index (χ0) is 23.4. The van der Waals surface area contributed by atoms with Gasteiger partial charge in [0, 0.05) is 28.9 Å². The second-order valence-corrected chi connectivity index (χ2v) is 9.29. The van der Waals surface area contributed by atoms with Gasteiger partial charge in [-0.25, -0.2) is 19.3 Å². The zero-order valence-electron chi connectivity index (χ0n) is 18.9. The molecule has 4 heterocycles. The fourth-order valence-corrected chi connectivity index (χ4v) is 4.36. The number of aryl methyl sites for hydroxylation is 2. The Bertz CT molecular complexity index is 1400. The first-order valence-electron chi connectivity index (χ1n) is 11.4. The first-order valence-corrected chi connectivity index (χ1v) is 11.7. The van der Waals surface area contributed by atoms with E-state index in [1.807, 2.05) is 24.7 Å². The van der Waals surface area contributed by atoms with Crippen molar-refractivity contribution in [3.05, 3.63) is 58.4 Å². The van der Waals surface area contributed by atoms with Crippen LogP contribution < -0.4 is 4.90 Å². The number of hydrogen-bond donors (Lipinski definition) is 0. The van der Waals surface area contributed by atoms with Gasteiger partial charge in [0.05, 0.1) is 36.8 Å². The molecular formula is C24H23ClFN7O. The van der Waals surface area contributed by atoms with E-state index in [2.05, 4.69) is 26.2 Å². The zero-order valence-corrected chi connectivity index (χ0v) is 19.6. The molecule has 0 radical (unpaired) electrons. The SMILES string of the molecule is Cc1nc2nc(N3CCO[C@@H](c4cnn(C5CC5)c4)C3)nc(-c3ccc(Cl)cc3F)c2nc1C. The molecule has 0 spiro atoms. The van der Waals surface area contributed by atoms with Crippen LogP contribution in [0.1, 0.15) is 41.9 Å². The van der Waals surface area contributed by atoms with Gasteiger partial charge in [-0.2, -0.15) is 10.1 Å². The van der Waals surface area contributed by atoms with Gasteiger partial charge in [-0.3, -0.25) is 4.68 Å². The standard InChI is InChI=1S/C24H23ClFN7O/c1-13-14(2)29-23-22(28-13)21(18-6-3-16(25)9-19(18)26)30-24(31-23)32-7-8-34-20(12-32)15-10-27-33(11-15)17-4-5-17/h3,6,9-11,17,20H,4-5,7-8,12H2,1-2H3/t20-/m1/s1. The third-order valence-corrected chi connectivity index (χ3v) is 6.62. The third-order valence-electron chi connectivity index (χ3n) is 6.38. The Morgan fingerprint density at radius 1 is 1.09 bits per heavy atom. The van der Waals surface area contributed by atoms with Crippen LogP contribution in [-0.4, -0.2) is 49.4 Å². The molecule has 1 saturated carbocycles. The van der Waals surface area contributed by atoms with E-state index in [0.29, 0.717) is 59.1 Å². The highest BCUT2D eigenvalue weighted by atomic mass is 35.5. The second kappa shape index (κ2) is 8.25. The van der Waals surface area contributed by atoms with Crippen molar-refractivity contribution in [1.82, 2.24) is 29.7 Å². The largest absolute Gasteiger partial charge is 0.370 e. The highest BCUT2D eigenvalue weighted by molar-refractivity contribution is 6.30. The third kappa shape index (κ3) is 3.88. The molecule has 1 aliphatic heterocycles. The van der Waals surface area contributed by atoms with Crippen LogP contribution >= 0.6 is 11.6 Å². The molecule has 1 atom stereocenters. The molecule has 1 saturated heterocycles. The van der Waals surface area contributed by atoms with Crippen molar-refractivity contribution in [2.75, 3.05) is 24.6 Å². The summed E-state index contributed by atoms with van der Waals surface area (Å²) in [5, 5.41) is 4.82. The van der Waals surface area contributed by atoms with Gasteiger partial charge in [-0.15, -0.1) is 0 Å². The Morgan fingerprint density at radius 3 is 2.71 bits per heavy atom. The van der Waals surface area contributed by atoms with Crippen molar-refractivity contribution in [2.45, 2.75) is 38.8 Å². The monoisotopic (exact) mass is 479 g/mol. The van der Waals surface area contributed by atoms with Gasteiger partial charge in [0.2, 0.25) is 5.95 Å². The molecule has 3 aromatic heterocycles. The molecule has 4 aromatic rings. The summed E-state index contributed by atoms with van der Waals surface area (Å²) in [5.74, 6) is 0.00288. The molecule has 10 heteroatoms. The molecule has 8 nitrogen and oxygen atoms in total. The Morgan fingerprint density at radius 2 is 1.91 bits per heavy atom. The molecule has 0 bridgehead atoms. The number of anilines is 1. The highest BCUT2D eigenvalue weighted by Crippen LogP contribution is 2.36. The molecule has 34 heavy (non-hydrogen) atoms. The van der Waals surface area contributed by atoms with Gasteiger partial charge < -0.3 is 9.64 Å². The highest BCUT2D eigenvalue weighted by Gasteiger charge is 2.29. The van der Waals surface area contributed by atoms with Crippen molar-refractivity contribution in [3.8, 4) is 11.3 Å². The van der Waals surface area contributed by atoms with Crippen LogP contribution in [0.5, 0.6) is 0 Å². The molecule has 0 amide bonds. The molecule has 1 aromatic carbocycles. The molecule has 0 unspecified atom stereocenters. The lowest BCUT2D eigenvalue weighted by Crippen LogP contribution is -2.39. The summed E-state index contributed by atoms with van der Waals surface area (Å²) in [5.41, 5.74) is 4.16. The fraction of sp³-hybridized carbons (Fsp3) is 0.375. The van der Waals surface area contributed by atoms with Crippen LogP contribution in [0.4, 0.5) is 10.3 Å². The normalized spacial score (nSPS) is 18.6.